The summed E-state index contributed by atoms with van der Waals surface area (Å²) >= 11 is 14.6. The Labute approximate surface area is 251 Å². The topological polar surface area (TPSA) is 102 Å². The van der Waals surface area contributed by atoms with Crippen molar-refractivity contribution in [1.82, 2.24) is 10.2 Å². The largest absolute Gasteiger partial charge is 0.507 e. The lowest BCUT2D eigenvalue weighted by molar-refractivity contribution is -0.132. The van der Waals surface area contributed by atoms with Crippen molar-refractivity contribution in [1.29, 1.82) is 0 Å². The standard InChI is InChI=1S/C28H18Cl2FN3O5S2/c29-16-7-5-15(18(30)12-16)13-40-28-33-32-27(41-28)34-23(17-3-1-2-4-19(17)31)22(25(36)26(34)37)24(35)14-6-8-20-21(11-14)39-10-9-38-20/h1-8,11-12,23,35H,9-10,13H2/t23-/m1/s1. The second-order valence-electron chi connectivity index (χ2n) is 8.92. The summed E-state index contributed by atoms with van der Waals surface area (Å²) in [5.74, 6) is -1.78. The molecule has 208 valence electrons. The van der Waals surface area contributed by atoms with Gasteiger partial charge in [-0.05, 0) is 42.0 Å². The molecule has 2 aliphatic heterocycles. The zero-order chi connectivity index (χ0) is 28.7. The van der Waals surface area contributed by atoms with E-state index in [9.17, 15) is 14.7 Å². The highest BCUT2D eigenvalue weighted by Gasteiger charge is 2.49. The van der Waals surface area contributed by atoms with Crippen LogP contribution in [0.5, 0.6) is 11.5 Å². The number of rotatable bonds is 6. The van der Waals surface area contributed by atoms with Crippen LogP contribution in [-0.2, 0) is 15.3 Å². The highest BCUT2D eigenvalue weighted by atomic mass is 35.5. The number of fused-ring (bicyclic) bond motifs is 1. The molecule has 1 N–H and O–H groups in total. The number of ether oxygens (including phenoxy) is 2. The molecule has 1 aromatic heterocycles. The third kappa shape index (κ3) is 5.26. The van der Waals surface area contributed by atoms with Crippen LogP contribution in [0, 0.1) is 5.82 Å². The number of nitrogens with zero attached hydrogens (tertiary/aromatic N) is 3. The summed E-state index contributed by atoms with van der Waals surface area (Å²) < 4.78 is 26.8. The fourth-order valence-electron chi connectivity index (χ4n) is 4.50. The first kappa shape index (κ1) is 27.5. The average Bonchev–Trinajstić information content (AvgIpc) is 3.54. The second kappa shape index (κ2) is 11.3. The predicted molar refractivity (Wildman–Crippen MR) is 155 cm³/mol. The predicted octanol–water partition coefficient (Wildman–Crippen LogP) is 6.67. The van der Waals surface area contributed by atoms with E-state index in [1.165, 1.54) is 42.1 Å². The zero-order valence-electron chi connectivity index (χ0n) is 20.8. The van der Waals surface area contributed by atoms with Crippen molar-refractivity contribution in [2.75, 3.05) is 18.1 Å². The number of carbonyl (C=O) groups excluding carboxylic acids is 2. The molecule has 8 nitrogen and oxygen atoms in total. The van der Waals surface area contributed by atoms with Crippen LogP contribution in [0.4, 0.5) is 9.52 Å². The van der Waals surface area contributed by atoms with Gasteiger partial charge in [-0.1, -0.05) is 70.6 Å². The fourth-order valence-corrected chi connectivity index (χ4v) is 6.93. The number of amides is 1. The van der Waals surface area contributed by atoms with Crippen molar-refractivity contribution < 1.29 is 28.6 Å². The smallest absolute Gasteiger partial charge is 0.301 e. The third-order valence-electron chi connectivity index (χ3n) is 6.43. The summed E-state index contributed by atoms with van der Waals surface area (Å²) in [7, 11) is 0. The Bertz CT molecular complexity index is 1730. The molecular weight excluding hydrogens is 612 g/mol. The van der Waals surface area contributed by atoms with Crippen LogP contribution in [-0.4, -0.2) is 40.2 Å². The number of benzene rings is 3. The molecule has 3 aromatic carbocycles. The van der Waals surface area contributed by atoms with E-state index in [4.69, 9.17) is 32.7 Å². The normalized spacial score (nSPS) is 17.7. The van der Waals surface area contributed by atoms with Crippen LogP contribution in [0.1, 0.15) is 22.7 Å². The van der Waals surface area contributed by atoms with Gasteiger partial charge in [0.15, 0.2) is 15.8 Å². The van der Waals surface area contributed by atoms with E-state index in [1.807, 2.05) is 0 Å². The van der Waals surface area contributed by atoms with Gasteiger partial charge in [0.1, 0.15) is 30.8 Å². The summed E-state index contributed by atoms with van der Waals surface area (Å²) in [5.41, 5.74) is 0.767. The molecule has 2 aliphatic rings. The Balaban J connectivity index is 1.39. The van der Waals surface area contributed by atoms with Gasteiger partial charge in [0.05, 0.1) is 5.57 Å². The number of aromatic nitrogens is 2. The minimum Gasteiger partial charge on any atom is -0.507 e. The van der Waals surface area contributed by atoms with Crippen LogP contribution in [0.3, 0.4) is 0 Å². The number of Topliss-reactive ketones (excluding diaryl/α,β-unsaturated/α-hetero) is 1. The average molecular weight is 631 g/mol. The Morgan fingerprint density at radius 1 is 1.05 bits per heavy atom. The highest BCUT2D eigenvalue weighted by Crippen LogP contribution is 2.45. The van der Waals surface area contributed by atoms with Crippen molar-refractivity contribution in [3.8, 4) is 11.5 Å². The monoisotopic (exact) mass is 629 g/mol. The molecule has 0 bridgehead atoms. The first-order chi connectivity index (χ1) is 19.8. The molecule has 0 saturated carbocycles. The van der Waals surface area contributed by atoms with E-state index in [2.05, 4.69) is 10.2 Å². The summed E-state index contributed by atoms with van der Waals surface area (Å²) in [6, 6.07) is 14.3. The first-order valence-corrected chi connectivity index (χ1v) is 14.7. The quantitative estimate of drug-likeness (QED) is 0.0829. The maximum absolute atomic E-state index is 15.2. The van der Waals surface area contributed by atoms with Crippen LogP contribution in [0.15, 0.2) is 70.6 Å². The zero-order valence-corrected chi connectivity index (χ0v) is 24.0. The second-order valence-corrected chi connectivity index (χ2v) is 11.9. The SMILES string of the molecule is O=C1C(=O)N(c2nnc(SCc3ccc(Cl)cc3Cl)s2)[C@H](c2ccccc2F)C1=C(O)c1ccc2c(c1)OCCO2. The number of hydrogen-bond donors (Lipinski definition) is 1. The van der Waals surface area contributed by atoms with Crippen LogP contribution in [0.25, 0.3) is 5.76 Å². The Morgan fingerprint density at radius 3 is 2.61 bits per heavy atom. The molecule has 0 spiro atoms. The number of ketones is 1. The number of carbonyl (C=O) groups is 2. The molecule has 1 saturated heterocycles. The van der Waals surface area contributed by atoms with E-state index in [0.29, 0.717) is 44.9 Å². The van der Waals surface area contributed by atoms with Crippen molar-refractivity contribution in [2.45, 2.75) is 16.1 Å². The van der Waals surface area contributed by atoms with Gasteiger partial charge in [-0.3, -0.25) is 14.5 Å². The van der Waals surface area contributed by atoms with Gasteiger partial charge in [-0.2, -0.15) is 0 Å². The Hall–Kier alpha value is -3.64. The fraction of sp³-hybridized carbons (Fsp3) is 0.143. The van der Waals surface area contributed by atoms with Crippen LogP contribution < -0.4 is 14.4 Å². The summed E-state index contributed by atoms with van der Waals surface area (Å²) in [6.45, 7) is 0.698. The molecule has 1 amide bonds. The molecule has 6 rings (SSSR count). The molecule has 3 heterocycles. The van der Waals surface area contributed by atoms with Gasteiger partial charge in [0, 0.05) is 26.9 Å². The lowest BCUT2D eigenvalue weighted by Gasteiger charge is -2.23. The minimum atomic E-state index is -1.29. The van der Waals surface area contributed by atoms with Gasteiger partial charge < -0.3 is 14.6 Å². The van der Waals surface area contributed by atoms with Crippen molar-refractivity contribution >= 4 is 68.9 Å². The lowest BCUT2D eigenvalue weighted by atomic mass is 9.95. The van der Waals surface area contributed by atoms with E-state index < -0.39 is 29.3 Å². The van der Waals surface area contributed by atoms with Crippen LogP contribution >= 0.6 is 46.3 Å². The number of thioether (sulfide) groups is 1. The van der Waals surface area contributed by atoms with Crippen molar-refractivity contribution in [2.24, 2.45) is 0 Å². The van der Waals surface area contributed by atoms with E-state index in [0.717, 1.165) is 21.8 Å². The number of halogens is 3. The maximum Gasteiger partial charge on any atom is 0.301 e. The summed E-state index contributed by atoms with van der Waals surface area (Å²) in [5, 5.41) is 20.8. The van der Waals surface area contributed by atoms with Gasteiger partial charge in [-0.25, -0.2) is 4.39 Å². The number of anilines is 1. The van der Waals surface area contributed by atoms with Crippen molar-refractivity contribution in [3.05, 3.63) is 98.8 Å². The van der Waals surface area contributed by atoms with E-state index in [-0.39, 0.29) is 21.8 Å². The highest BCUT2D eigenvalue weighted by molar-refractivity contribution is 8.00. The molecular formula is C28H18Cl2FN3O5S2. The molecule has 0 aliphatic carbocycles. The molecule has 0 radical (unpaired) electrons. The van der Waals surface area contributed by atoms with Gasteiger partial charge >= 0.3 is 5.91 Å². The summed E-state index contributed by atoms with van der Waals surface area (Å²) in [4.78, 5) is 27.9. The Kier molecular flexibility index (Phi) is 7.60. The van der Waals surface area contributed by atoms with E-state index >= 15 is 4.39 Å². The molecule has 13 heteroatoms. The van der Waals surface area contributed by atoms with Crippen molar-refractivity contribution in [3.63, 3.8) is 0 Å². The first-order valence-electron chi connectivity index (χ1n) is 12.2. The Morgan fingerprint density at radius 2 is 1.83 bits per heavy atom. The minimum absolute atomic E-state index is 0.0168. The lowest BCUT2D eigenvalue weighted by Crippen LogP contribution is -2.29. The molecule has 1 fully saturated rings. The van der Waals surface area contributed by atoms with Gasteiger partial charge in [0.2, 0.25) is 5.13 Å². The van der Waals surface area contributed by atoms with Crippen LogP contribution in [0.2, 0.25) is 10.0 Å². The summed E-state index contributed by atoms with van der Waals surface area (Å²) in [6.07, 6.45) is 0. The molecule has 4 aromatic rings. The van der Waals surface area contributed by atoms with Gasteiger partial charge in [0.25, 0.3) is 5.78 Å². The van der Waals surface area contributed by atoms with Gasteiger partial charge in [-0.15, -0.1) is 10.2 Å². The molecule has 0 unspecified atom stereocenters. The number of aliphatic hydroxyl groups is 1. The molecule has 1 atom stereocenters. The number of aliphatic hydroxyl groups excluding tert-OH is 1. The maximum atomic E-state index is 15.2. The molecule has 41 heavy (non-hydrogen) atoms. The third-order valence-corrected chi connectivity index (χ3v) is 9.12. The number of hydrogen-bond acceptors (Lipinski definition) is 9. The van der Waals surface area contributed by atoms with E-state index in [1.54, 1.807) is 30.3 Å².